The van der Waals surface area contributed by atoms with Crippen molar-refractivity contribution in [2.24, 2.45) is 17.8 Å². The molecule has 0 bridgehead atoms. The average molecular weight is 837 g/mol. The lowest BCUT2D eigenvalue weighted by atomic mass is 9.90. The lowest BCUT2D eigenvalue weighted by Crippen LogP contribution is -2.55. The molecule has 4 amide bonds. The molecule has 1 heterocycles. The quantitative estimate of drug-likeness (QED) is 0.141. The van der Waals surface area contributed by atoms with Crippen molar-refractivity contribution in [1.29, 1.82) is 0 Å². The fourth-order valence-corrected chi connectivity index (χ4v) is 8.49. The first-order chi connectivity index (χ1) is 28.4. The monoisotopic (exact) mass is 837 g/mol. The Morgan fingerprint density at radius 2 is 1.53 bits per heavy atom. The fourth-order valence-electron chi connectivity index (χ4n) is 8.49. The molecule has 0 radical (unpaired) electrons. The topological polar surface area (TPSA) is 161 Å². The molecule has 2 aromatic rings. The van der Waals surface area contributed by atoms with Crippen molar-refractivity contribution in [2.75, 3.05) is 66.9 Å². The van der Waals surface area contributed by atoms with Gasteiger partial charge < -0.3 is 39.9 Å². The first kappa shape index (κ1) is 49.8. The van der Waals surface area contributed by atoms with Crippen LogP contribution in [0.25, 0.3) is 0 Å². The smallest absolute Gasteiger partial charge is 0.326 e. The van der Waals surface area contributed by atoms with Crippen LogP contribution < -0.4 is 15.5 Å². The molecule has 3 N–H and O–H groups in total. The molecular formula is C46H72N6O8. The molecule has 0 spiro atoms. The zero-order valence-corrected chi connectivity index (χ0v) is 37.9. The molecule has 334 valence electrons. The number of ether oxygens (including phenoxy) is 2. The Kier molecular flexibility index (Phi) is 20.0. The van der Waals surface area contributed by atoms with E-state index in [2.05, 4.69) is 39.8 Å². The fraction of sp³-hybridized carbons (Fsp3) is 0.630. The molecule has 0 aliphatic carbocycles. The average Bonchev–Trinajstić information content (AvgIpc) is 3.71. The van der Waals surface area contributed by atoms with Gasteiger partial charge in [0.1, 0.15) is 6.04 Å². The predicted octanol–water partition coefficient (Wildman–Crippen LogP) is 4.10. The van der Waals surface area contributed by atoms with Crippen LogP contribution in [0.5, 0.6) is 0 Å². The molecule has 60 heavy (non-hydrogen) atoms. The first-order valence-electron chi connectivity index (χ1n) is 21.4. The van der Waals surface area contributed by atoms with Crippen LogP contribution in [0, 0.1) is 17.8 Å². The highest BCUT2D eigenvalue weighted by molar-refractivity contribution is 5.88. The molecule has 6 unspecified atom stereocenters. The standard InChI is InChI=1S/C46H72N6O8/c1-12-31(4)42(51(9)40(54)29-47-45(56)41(30(2)3)50(8)26-24-33-20-22-35(23-21-33)49(6)7)38(59-10)28-39(53)52-25-16-19-37(52)43(60-11)32(5)44(55)48-36(46(57)58)27-34-17-14-13-15-18-34/h13-15,17-18,20-23,30-32,36-38,41-43H,12,16,19,24-29H2,1-11H3,(H,47,56)(H,48,55)(H,57,58)/t31?,32?,36-,37-,38?,41?,42?,43?/m0/s1. The Morgan fingerprint density at radius 3 is 2.08 bits per heavy atom. The van der Waals surface area contributed by atoms with E-state index in [1.54, 1.807) is 23.8 Å². The van der Waals surface area contributed by atoms with Gasteiger partial charge in [-0.25, -0.2) is 4.79 Å². The molecule has 1 fully saturated rings. The Balaban J connectivity index is 1.66. The molecule has 0 saturated carbocycles. The Bertz CT molecular complexity index is 1670. The van der Waals surface area contributed by atoms with Crippen LogP contribution in [-0.2, 0) is 46.3 Å². The summed E-state index contributed by atoms with van der Waals surface area (Å²) in [5.74, 6) is -3.12. The molecular weight excluding hydrogens is 765 g/mol. The molecule has 1 aliphatic heterocycles. The van der Waals surface area contributed by atoms with E-state index in [0.717, 1.165) is 17.7 Å². The van der Waals surface area contributed by atoms with Gasteiger partial charge in [-0.3, -0.25) is 24.1 Å². The van der Waals surface area contributed by atoms with Crippen molar-refractivity contribution in [3.63, 3.8) is 0 Å². The Morgan fingerprint density at radius 1 is 0.883 bits per heavy atom. The van der Waals surface area contributed by atoms with Gasteiger partial charge in [-0.2, -0.15) is 0 Å². The van der Waals surface area contributed by atoms with Crippen LogP contribution in [0.3, 0.4) is 0 Å². The lowest BCUT2D eigenvalue weighted by Gasteiger charge is -2.39. The minimum absolute atomic E-state index is 0.00137. The highest BCUT2D eigenvalue weighted by atomic mass is 16.5. The van der Waals surface area contributed by atoms with E-state index in [-0.39, 0.29) is 48.9 Å². The number of carboxylic acid groups (broad SMARTS) is 1. The SMILES string of the molecule is CCC(C)C(C(CC(=O)N1CCC[C@H]1C(OC)C(C)C(=O)N[C@@H](Cc1ccccc1)C(=O)O)OC)N(C)C(=O)CNC(=O)C(C(C)C)N(C)CCc1ccc(N(C)C)cc1. The molecule has 1 saturated heterocycles. The van der Waals surface area contributed by atoms with Gasteiger partial charge in [0.15, 0.2) is 0 Å². The van der Waals surface area contributed by atoms with E-state index >= 15 is 0 Å². The third-order valence-corrected chi connectivity index (χ3v) is 12.2. The van der Waals surface area contributed by atoms with Crippen LogP contribution in [0.4, 0.5) is 5.69 Å². The van der Waals surface area contributed by atoms with Gasteiger partial charge in [0, 0.05) is 60.6 Å². The summed E-state index contributed by atoms with van der Waals surface area (Å²) < 4.78 is 11.9. The number of aliphatic carboxylic acids is 1. The van der Waals surface area contributed by atoms with Gasteiger partial charge in [0.2, 0.25) is 23.6 Å². The van der Waals surface area contributed by atoms with Crippen molar-refractivity contribution >= 4 is 35.3 Å². The summed E-state index contributed by atoms with van der Waals surface area (Å²) in [6.45, 7) is 10.6. The molecule has 3 rings (SSSR count). The molecule has 1 aliphatic rings. The predicted molar refractivity (Wildman–Crippen MR) is 235 cm³/mol. The number of hydrogen-bond acceptors (Lipinski definition) is 9. The summed E-state index contributed by atoms with van der Waals surface area (Å²) in [6, 6.07) is 15.0. The van der Waals surface area contributed by atoms with Gasteiger partial charge in [0.05, 0.1) is 49.2 Å². The number of methoxy groups -OCH3 is 2. The van der Waals surface area contributed by atoms with Crippen LogP contribution in [0.15, 0.2) is 54.6 Å². The molecule has 0 aromatic heterocycles. The van der Waals surface area contributed by atoms with E-state index in [4.69, 9.17) is 9.47 Å². The second kappa shape index (κ2) is 24.0. The normalized spacial score (nSPS) is 17.6. The van der Waals surface area contributed by atoms with E-state index in [1.807, 2.05) is 84.1 Å². The maximum absolute atomic E-state index is 14.2. The molecule has 8 atom stereocenters. The highest BCUT2D eigenvalue weighted by Crippen LogP contribution is 2.29. The molecule has 2 aromatic carbocycles. The lowest BCUT2D eigenvalue weighted by molar-refractivity contribution is -0.147. The van der Waals surface area contributed by atoms with Crippen LogP contribution in [0.1, 0.15) is 71.4 Å². The van der Waals surface area contributed by atoms with E-state index < -0.39 is 54.2 Å². The van der Waals surface area contributed by atoms with E-state index in [0.29, 0.717) is 32.4 Å². The number of likely N-dealkylation sites (N-methyl/N-ethyl adjacent to an activating group) is 2. The summed E-state index contributed by atoms with van der Waals surface area (Å²) in [7, 11) is 10.7. The number of amides is 4. The van der Waals surface area contributed by atoms with Crippen molar-refractivity contribution < 1.29 is 38.6 Å². The van der Waals surface area contributed by atoms with Gasteiger partial charge in [-0.05, 0) is 61.4 Å². The number of hydrogen-bond donors (Lipinski definition) is 3. The summed E-state index contributed by atoms with van der Waals surface area (Å²) >= 11 is 0. The van der Waals surface area contributed by atoms with Crippen molar-refractivity contribution in [3.8, 4) is 0 Å². The minimum atomic E-state index is -1.14. The van der Waals surface area contributed by atoms with Gasteiger partial charge in [-0.1, -0.05) is 83.5 Å². The maximum atomic E-state index is 14.2. The highest BCUT2D eigenvalue weighted by Gasteiger charge is 2.42. The largest absolute Gasteiger partial charge is 0.480 e. The third-order valence-electron chi connectivity index (χ3n) is 12.2. The number of carbonyl (C=O) groups excluding carboxylic acids is 4. The van der Waals surface area contributed by atoms with Crippen molar-refractivity contribution in [3.05, 3.63) is 65.7 Å². The number of carboxylic acids is 1. The number of carbonyl (C=O) groups is 5. The number of likely N-dealkylation sites (tertiary alicyclic amines) is 1. The number of nitrogens with one attached hydrogen (secondary N) is 2. The number of benzene rings is 2. The third kappa shape index (κ3) is 13.8. The Labute approximate surface area is 358 Å². The minimum Gasteiger partial charge on any atom is -0.480 e. The zero-order valence-electron chi connectivity index (χ0n) is 37.9. The number of rotatable bonds is 24. The Hall–Kier alpha value is -4.53. The van der Waals surface area contributed by atoms with Crippen molar-refractivity contribution in [2.45, 2.75) is 110 Å². The van der Waals surface area contributed by atoms with E-state index in [1.165, 1.54) is 19.8 Å². The molecule has 14 heteroatoms. The first-order valence-corrected chi connectivity index (χ1v) is 21.4. The summed E-state index contributed by atoms with van der Waals surface area (Å²) in [5.41, 5.74) is 3.08. The molecule has 14 nitrogen and oxygen atoms in total. The number of nitrogens with zero attached hydrogens (tertiary/aromatic N) is 4. The maximum Gasteiger partial charge on any atom is 0.326 e. The summed E-state index contributed by atoms with van der Waals surface area (Å²) in [5, 5.41) is 15.5. The number of anilines is 1. The van der Waals surface area contributed by atoms with Gasteiger partial charge in [0.25, 0.3) is 0 Å². The van der Waals surface area contributed by atoms with Crippen LogP contribution >= 0.6 is 0 Å². The summed E-state index contributed by atoms with van der Waals surface area (Å²) in [4.78, 5) is 74.6. The second-order valence-electron chi connectivity index (χ2n) is 16.9. The van der Waals surface area contributed by atoms with Crippen LogP contribution in [0.2, 0.25) is 0 Å². The van der Waals surface area contributed by atoms with Gasteiger partial charge >= 0.3 is 5.97 Å². The summed E-state index contributed by atoms with van der Waals surface area (Å²) in [6.07, 6.45) is 1.57. The van der Waals surface area contributed by atoms with Crippen LogP contribution in [-0.4, -0.2) is 148 Å². The van der Waals surface area contributed by atoms with Gasteiger partial charge in [-0.15, -0.1) is 0 Å². The van der Waals surface area contributed by atoms with Crippen molar-refractivity contribution in [1.82, 2.24) is 25.3 Å². The van der Waals surface area contributed by atoms with E-state index in [9.17, 15) is 29.1 Å². The second-order valence-corrected chi connectivity index (χ2v) is 16.9. The zero-order chi connectivity index (χ0) is 44.7.